The highest BCUT2D eigenvalue weighted by molar-refractivity contribution is 5.78. The van der Waals surface area contributed by atoms with Crippen molar-refractivity contribution in [1.82, 2.24) is 4.90 Å². The van der Waals surface area contributed by atoms with Crippen LogP contribution in [0, 0.1) is 5.92 Å². The molecule has 4 nitrogen and oxygen atoms in total. The molecule has 0 aromatic rings. The van der Waals surface area contributed by atoms with Crippen molar-refractivity contribution in [1.29, 1.82) is 0 Å². The molecule has 0 aromatic heterocycles. The molecule has 1 amide bonds. The predicted molar refractivity (Wildman–Crippen MR) is 64.0 cm³/mol. The summed E-state index contributed by atoms with van der Waals surface area (Å²) in [5, 5.41) is 0. The highest BCUT2D eigenvalue weighted by Gasteiger charge is 2.28. The van der Waals surface area contributed by atoms with Gasteiger partial charge in [-0.3, -0.25) is 4.79 Å². The van der Waals surface area contributed by atoms with Crippen molar-refractivity contribution in [2.75, 3.05) is 19.6 Å². The average Bonchev–Trinajstić information content (AvgIpc) is 2.23. The van der Waals surface area contributed by atoms with E-state index in [1.165, 1.54) is 0 Å². The maximum atomic E-state index is 12.1. The molecule has 1 aliphatic rings. The van der Waals surface area contributed by atoms with Gasteiger partial charge in [-0.25, -0.2) is 0 Å². The minimum atomic E-state index is 0.0843. The van der Waals surface area contributed by atoms with Crippen LogP contribution in [0.3, 0.4) is 0 Å². The summed E-state index contributed by atoms with van der Waals surface area (Å²) >= 11 is 0. The summed E-state index contributed by atoms with van der Waals surface area (Å²) in [4.78, 5) is 14.1. The molecule has 1 fully saturated rings. The summed E-state index contributed by atoms with van der Waals surface area (Å²) in [6.07, 6.45) is 2.10. The zero-order valence-corrected chi connectivity index (χ0v) is 10.6. The summed E-state index contributed by atoms with van der Waals surface area (Å²) in [6, 6.07) is 0. The number of carbonyl (C=O) groups excluding carboxylic acids is 1. The molecule has 0 aliphatic carbocycles. The zero-order valence-electron chi connectivity index (χ0n) is 10.6. The molecular formula is C12H24N2O2. The van der Waals surface area contributed by atoms with E-state index in [0.29, 0.717) is 6.54 Å². The number of carbonyl (C=O) groups is 1. The third-order valence-corrected chi connectivity index (χ3v) is 2.99. The van der Waals surface area contributed by atoms with E-state index < -0.39 is 0 Å². The van der Waals surface area contributed by atoms with Crippen LogP contribution in [0.15, 0.2) is 0 Å². The second kappa shape index (κ2) is 6.21. The Hall–Kier alpha value is -0.610. The first-order chi connectivity index (χ1) is 7.54. The van der Waals surface area contributed by atoms with Gasteiger partial charge in [0.15, 0.2) is 0 Å². The van der Waals surface area contributed by atoms with Crippen LogP contribution in [0.4, 0.5) is 0 Å². The monoisotopic (exact) mass is 228 g/mol. The van der Waals surface area contributed by atoms with E-state index in [9.17, 15) is 4.79 Å². The Balaban J connectivity index is 2.45. The lowest BCUT2D eigenvalue weighted by molar-refractivity contribution is -0.147. The molecule has 4 heteroatoms. The van der Waals surface area contributed by atoms with Gasteiger partial charge in [-0.05, 0) is 33.2 Å². The Bertz CT molecular complexity index is 223. The smallest absolute Gasteiger partial charge is 0.225 e. The molecule has 0 aromatic carbocycles. The molecule has 2 N–H and O–H groups in total. The number of rotatable bonds is 4. The number of amides is 1. The van der Waals surface area contributed by atoms with Crippen LogP contribution in [0.25, 0.3) is 0 Å². The minimum absolute atomic E-state index is 0.0843. The van der Waals surface area contributed by atoms with Crippen LogP contribution < -0.4 is 5.73 Å². The lowest BCUT2D eigenvalue weighted by atomic mass is 10.0. The molecular weight excluding hydrogens is 204 g/mol. The van der Waals surface area contributed by atoms with Gasteiger partial charge in [0.1, 0.15) is 0 Å². The second-order valence-corrected chi connectivity index (χ2v) is 4.83. The quantitative estimate of drug-likeness (QED) is 0.781. The van der Waals surface area contributed by atoms with Crippen molar-refractivity contribution in [2.24, 2.45) is 11.7 Å². The van der Waals surface area contributed by atoms with Crippen molar-refractivity contribution < 1.29 is 9.53 Å². The summed E-state index contributed by atoms with van der Waals surface area (Å²) in [7, 11) is 0. The second-order valence-electron chi connectivity index (χ2n) is 4.83. The zero-order chi connectivity index (χ0) is 12.1. The predicted octanol–water partition coefficient (Wildman–Crippen LogP) is 0.997. The Morgan fingerprint density at radius 2 is 2.00 bits per heavy atom. The Labute approximate surface area is 98.1 Å². The number of hydrogen-bond acceptors (Lipinski definition) is 3. The van der Waals surface area contributed by atoms with Gasteiger partial charge in [-0.15, -0.1) is 0 Å². The number of ether oxygens (including phenoxy) is 1. The molecule has 1 heterocycles. The van der Waals surface area contributed by atoms with Crippen molar-refractivity contribution >= 4 is 5.91 Å². The number of nitrogens with zero attached hydrogens (tertiary/aromatic N) is 1. The molecule has 0 spiro atoms. The lowest BCUT2D eigenvalue weighted by Gasteiger charge is -2.36. The van der Waals surface area contributed by atoms with Gasteiger partial charge in [-0.2, -0.15) is 0 Å². The van der Waals surface area contributed by atoms with Gasteiger partial charge in [0.2, 0.25) is 5.91 Å². The molecule has 1 aliphatic heterocycles. The molecule has 0 saturated carbocycles. The van der Waals surface area contributed by atoms with Crippen LogP contribution in [0.5, 0.6) is 0 Å². The van der Waals surface area contributed by atoms with Crippen LogP contribution >= 0.6 is 0 Å². The summed E-state index contributed by atoms with van der Waals surface area (Å²) < 4.78 is 5.61. The first-order valence-corrected chi connectivity index (χ1v) is 6.19. The SMILES string of the molecule is CC1CN(C(=O)C(C)CCCN)CC(C)O1. The van der Waals surface area contributed by atoms with Crippen molar-refractivity contribution in [3.05, 3.63) is 0 Å². The van der Waals surface area contributed by atoms with Crippen molar-refractivity contribution in [3.8, 4) is 0 Å². The molecule has 3 atom stereocenters. The Morgan fingerprint density at radius 3 is 2.50 bits per heavy atom. The van der Waals surface area contributed by atoms with E-state index in [2.05, 4.69) is 0 Å². The summed E-state index contributed by atoms with van der Waals surface area (Å²) in [5.74, 6) is 0.330. The van der Waals surface area contributed by atoms with E-state index in [1.807, 2.05) is 25.7 Å². The Morgan fingerprint density at radius 1 is 1.44 bits per heavy atom. The molecule has 0 radical (unpaired) electrons. The lowest BCUT2D eigenvalue weighted by Crippen LogP contribution is -2.49. The van der Waals surface area contributed by atoms with Crippen LogP contribution in [-0.2, 0) is 9.53 Å². The highest BCUT2D eigenvalue weighted by Crippen LogP contribution is 2.16. The van der Waals surface area contributed by atoms with E-state index in [1.54, 1.807) is 0 Å². The number of morpholine rings is 1. The largest absolute Gasteiger partial charge is 0.372 e. The minimum Gasteiger partial charge on any atom is -0.372 e. The van der Waals surface area contributed by atoms with E-state index in [4.69, 9.17) is 10.5 Å². The first kappa shape index (κ1) is 13.5. The molecule has 0 bridgehead atoms. The van der Waals surface area contributed by atoms with Gasteiger partial charge in [-0.1, -0.05) is 6.92 Å². The fraction of sp³-hybridized carbons (Fsp3) is 0.917. The van der Waals surface area contributed by atoms with Crippen LogP contribution in [-0.4, -0.2) is 42.6 Å². The highest BCUT2D eigenvalue weighted by atomic mass is 16.5. The third kappa shape index (κ3) is 3.76. The molecule has 94 valence electrons. The van der Waals surface area contributed by atoms with E-state index >= 15 is 0 Å². The number of nitrogens with two attached hydrogens (primary N) is 1. The van der Waals surface area contributed by atoms with Gasteiger partial charge < -0.3 is 15.4 Å². The van der Waals surface area contributed by atoms with Crippen molar-refractivity contribution in [2.45, 2.75) is 45.8 Å². The normalized spacial score (nSPS) is 27.9. The topological polar surface area (TPSA) is 55.6 Å². The van der Waals surface area contributed by atoms with Crippen LogP contribution in [0.2, 0.25) is 0 Å². The fourth-order valence-corrected chi connectivity index (χ4v) is 2.22. The van der Waals surface area contributed by atoms with Gasteiger partial charge in [0.05, 0.1) is 12.2 Å². The maximum absolute atomic E-state index is 12.1. The molecule has 16 heavy (non-hydrogen) atoms. The van der Waals surface area contributed by atoms with Gasteiger partial charge in [0, 0.05) is 19.0 Å². The van der Waals surface area contributed by atoms with Crippen molar-refractivity contribution in [3.63, 3.8) is 0 Å². The first-order valence-electron chi connectivity index (χ1n) is 6.19. The van der Waals surface area contributed by atoms with Crippen LogP contribution in [0.1, 0.15) is 33.6 Å². The summed E-state index contributed by atoms with van der Waals surface area (Å²) in [5.41, 5.74) is 5.45. The fourth-order valence-electron chi connectivity index (χ4n) is 2.22. The standard InChI is InChI=1S/C12H24N2O2/c1-9(5-4-6-13)12(15)14-7-10(2)16-11(3)8-14/h9-11H,4-8,13H2,1-3H3. The molecule has 3 unspecified atom stereocenters. The number of hydrogen-bond donors (Lipinski definition) is 1. The maximum Gasteiger partial charge on any atom is 0.225 e. The van der Waals surface area contributed by atoms with Gasteiger partial charge in [0.25, 0.3) is 0 Å². The van der Waals surface area contributed by atoms with E-state index in [0.717, 1.165) is 25.9 Å². The van der Waals surface area contributed by atoms with E-state index in [-0.39, 0.29) is 24.0 Å². The third-order valence-electron chi connectivity index (χ3n) is 2.99. The van der Waals surface area contributed by atoms with Gasteiger partial charge >= 0.3 is 0 Å². The summed E-state index contributed by atoms with van der Waals surface area (Å²) in [6.45, 7) is 8.11. The average molecular weight is 228 g/mol. The Kier molecular flexibility index (Phi) is 5.22. The molecule has 1 saturated heterocycles. The molecule has 1 rings (SSSR count).